The smallest absolute Gasteiger partial charge is 0.164 e. The summed E-state index contributed by atoms with van der Waals surface area (Å²) in [4.78, 5) is 15.6. The molecule has 2 heterocycles. The summed E-state index contributed by atoms with van der Waals surface area (Å²) in [6.45, 7) is 4.61. The summed E-state index contributed by atoms with van der Waals surface area (Å²) >= 11 is 0. The number of benzene rings is 7. The SMILES string of the molecule is CC1(C)c2ccccc2-c2ccc(-c3nc(-c4ccccc4)nc(-c4ccc5c(c4)-c4c(oc6ccccc46)C54c5ccccc5-c5ccccc54)n3)cc21. The van der Waals surface area contributed by atoms with Gasteiger partial charge in [0.05, 0.1) is 0 Å². The summed E-state index contributed by atoms with van der Waals surface area (Å²) < 4.78 is 6.98. The van der Waals surface area contributed by atoms with E-state index in [0.717, 1.165) is 44.5 Å². The van der Waals surface area contributed by atoms with Gasteiger partial charge in [-0.15, -0.1) is 0 Å². The second-order valence-corrected chi connectivity index (χ2v) is 15.5. The predicted octanol–water partition coefficient (Wildman–Crippen LogP) is 12.3. The van der Waals surface area contributed by atoms with Crippen molar-refractivity contribution in [3.05, 3.63) is 197 Å². The molecule has 0 unspecified atom stereocenters. The van der Waals surface area contributed by atoms with Crippen LogP contribution in [0.15, 0.2) is 168 Å². The third-order valence-corrected chi connectivity index (χ3v) is 12.3. The number of fused-ring (bicyclic) bond motifs is 15. The first kappa shape index (κ1) is 30.5. The second kappa shape index (κ2) is 10.8. The zero-order valence-corrected chi connectivity index (χ0v) is 30.3. The van der Waals surface area contributed by atoms with Gasteiger partial charge in [0, 0.05) is 33.1 Å². The van der Waals surface area contributed by atoms with Gasteiger partial charge in [0.1, 0.15) is 16.8 Å². The maximum atomic E-state index is 6.98. The average Bonchev–Trinajstić information content (AvgIpc) is 3.93. The van der Waals surface area contributed by atoms with E-state index in [9.17, 15) is 0 Å². The first-order valence-electron chi connectivity index (χ1n) is 18.9. The van der Waals surface area contributed by atoms with Crippen LogP contribution in [0.1, 0.15) is 47.4 Å². The highest BCUT2D eigenvalue weighted by Gasteiger charge is 2.55. The molecule has 0 radical (unpaired) electrons. The molecule has 0 saturated carbocycles. The van der Waals surface area contributed by atoms with E-state index in [4.69, 9.17) is 19.4 Å². The number of hydrogen-bond acceptors (Lipinski definition) is 4. The standard InChI is InChI=1S/C51H33N3O/c1-50(2)39-20-10-6-16-33(39)36-26-24-32(29-43(36)50)49-53-47(30-14-4-3-5-15-30)52-48(54-49)31-25-27-42-38(28-31)45-37-19-9-13-23-44(37)55-46(45)51(42)40-21-11-7-17-34(40)35-18-8-12-22-41(35)51/h3-29H,1-2H3. The highest BCUT2D eigenvalue weighted by Crippen LogP contribution is 2.64. The van der Waals surface area contributed by atoms with Crippen LogP contribution in [0.5, 0.6) is 0 Å². The van der Waals surface area contributed by atoms with Crippen molar-refractivity contribution in [3.8, 4) is 67.5 Å². The number of furan rings is 1. The Hall–Kier alpha value is -6.91. The monoisotopic (exact) mass is 703 g/mol. The third-order valence-electron chi connectivity index (χ3n) is 12.3. The van der Waals surface area contributed by atoms with E-state index in [2.05, 4.69) is 159 Å². The number of nitrogens with zero attached hydrogens (tertiary/aromatic N) is 3. The molecule has 3 aliphatic carbocycles. The van der Waals surface area contributed by atoms with Crippen LogP contribution >= 0.6 is 0 Å². The Balaban J connectivity index is 1.09. The zero-order chi connectivity index (χ0) is 36.5. The fourth-order valence-electron chi connectivity index (χ4n) is 9.88. The Morgan fingerprint density at radius 1 is 0.400 bits per heavy atom. The number of para-hydroxylation sites is 1. The van der Waals surface area contributed by atoms with Gasteiger partial charge >= 0.3 is 0 Å². The van der Waals surface area contributed by atoms with Gasteiger partial charge in [-0.25, -0.2) is 15.0 Å². The lowest BCUT2D eigenvalue weighted by Crippen LogP contribution is -2.25. The number of rotatable bonds is 3. The summed E-state index contributed by atoms with van der Waals surface area (Å²) in [5.41, 5.74) is 16.7. The maximum absolute atomic E-state index is 6.98. The highest BCUT2D eigenvalue weighted by molar-refractivity contribution is 6.05. The minimum absolute atomic E-state index is 0.140. The average molecular weight is 704 g/mol. The Labute approximate surface area is 318 Å². The molecule has 0 saturated heterocycles. The molecule has 12 rings (SSSR count). The normalized spacial score (nSPS) is 14.7. The Kier molecular flexibility index (Phi) is 6.02. The molecule has 4 heteroatoms. The van der Waals surface area contributed by atoms with Gasteiger partial charge in [0.15, 0.2) is 17.5 Å². The molecular weight excluding hydrogens is 671 g/mol. The highest BCUT2D eigenvalue weighted by atomic mass is 16.3. The van der Waals surface area contributed by atoms with E-state index < -0.39 is 5.41 Å². The van der Waals surface area contributed by atoms with Crippen LogP contribution in [-0.2, 0) is 10.8 Å². The molecule has 0 amide bonds. The molecule has 55 heavy (non-hydrogen) atoms. The second-order valence-electron chi connectivity index (χ2n) is 15.5. The van der Waals surface area contributed by atoms with Crippen LogP contribution in [0.2, 0.25) is 0 Å². The van der Waals surface area contributed by atoms with Gasteiger partial charge < -0.3 is 4.42 Å². The number of aromatic nitrogens is 3. The van der Waals surface area contributed by atoms with E-state index in [-0.39, 0.29) is 5.41 Å². The molecule has 0 atom stereocenters. The maximum Gasteiger partial charge on any atom is 0.164 e. The molecule has 0 bridgehead atoms. The van der Waals surface area contributed by atoms with Gasteiger partial charge in [0.2, 0.25) is 0 Å². The van der Waals surface area contributed by atoms with Gasteiger partial charge in [-0.05, 0) is 73.8 Å². The molecule has 7 aromatic carbocycles. The summed E-state index contributed by atoms with van der Waals surface area (Å²) in [5.74, 6) is 2.91. The molecule has 3 aliphatic rings. The molecule has 9 aromatic rings. The molecular formula is C51H33N3O. The lowest BCUT2D eigenvalue weighted by Gasteiger charge is -2.28. The molecule has 4 nitrogen and oxygen atoms in total. The fraction of sp³-hybridized carbons (Fsp3) is 0.0784. The van der Waals surface area contributed by atoms with Gasteiger partial charge in [-0.3, -0.25) is 0 Å². The van der Waals surface area contributed by atoms with Crippen molar-refractivity contribution in [2.24, 2.45) is 0 Å². The minimum Gasteiger partial charge on any atom is -0.459 e. The first-order valence-corrected chi connectivity index (χ1v) is 18.9. The van der Waals surface area contributed by atoms with E-state index >= 15 is 0 Å². The van der Waals surface area contributed by atoms with Crippen molar-refractivity contribution < 1.29 is 4.42 Å². The van der Waals surface area contributed by atoms with Crippen LogP contribution in [0, 0.1) is 0 Å². The van der Waals surface area contributed by atoms with Crippen LogP contribution in [0.4, 0.5) is 0 Å². The first-order chi connectivity index (χ1) is 27.0. The largest absolute Gasteiger partial charge is 0.459 e. The van der Waals surface area contributed by atoms with Gasteiger partial charge in [-0.1, -0.05) is 159 Å². The molecule has 0 aliphatic heterocycles. The molecule has 0 N–H and O–H groups in total. The van der Waals surface area contributed by atoms with Gasteiger partial charge in [-0.2, -0.15) is 0 Å². The van der Waals surface area contributed by atoms with E-state index in [0.29, 0.717) is 17.5 Å². The van der Waals surface area contributed by atoms with Crippen molar-refractivity contribution >= 4 is 11.0 Å². The molecule has 0 fully saturated rings. The fourth-order valence-corrected chi connectivity index (χ4v) is 9.88. The Morgan fingerprint density at radius 2 is 0.909 bits per heavy atom. The summed E-state index contributed by atoms with van der Waals surface area (Å²) in [6, 6.07) is 58.4. The van der Waals surface area contributed by atoms with Crippen molar-refractivity contribution in [1.82, 2.24) is 15.0 Å². The Morgan fingerprint density at radius 3 is 1.62 bits per heavy atom. The van der Waals surface area contributed by atoms with Crippen molar-refractivity contribution in [3.63, 3.8) is 0 Å². The quantitative estimate of drug-likeness (QED) is 0.184. The Bertz CT molecular complexity index is 3040. The minimum atomic E-state index is -0.580. The van der Waals surface area contributed by atoms with Crippen molar-refractivity contribution in [2.75, 3.05) is 0 Å². The van der Waals surface area contributed by atoms with Crippen LogP contribution in [0.25, 0.3) is 78.5 Å². The van der Waals surface area contributed by atoms with Crippen LogP contribution in [-0.4, -0.2) is 15.0 Å². The molecule has 1 spiro atoms. The van der Waals surface area contributed by atoms with Crippen LogP contribution < -0.4 is 0 Å². The molecule has 258 valence electrons. The van der Waals surface area contributed by atoms with Crippen LogP contribution in [0.3, 0.4) is 0 Å². The van der Waals surface area contributed by atoms with Gasteiger partial charge in [0.25, 0.3) is 0 Å². The predicted molar refractivity (Wildman–Crippen MR) is 220 cm³/mol. The zero-order valence-electron chi connectivity index (χ0n) is 30.3. The van der Waals surface area contributed by atoms with Crippen molar-refractivity contribution in [1.29, 1.82) is 0 Å². The van der Waals surface area contributed by atoms with E-state index in [1.165, 1.54) is 50.1 Å². The summed E-state index contributed by atoms with van der Waals surface area (Å²) in [5, 5.41) is 1.11. The summed E-state index contributed by atoms with van der Waals surface area (Å²) in [6.07, 6.45) is 0. The number of hydrogen-bond donors (Lipinski definition) is 0. The topological polar surface area (TPSA) is 51.8 Å². The lowest BCUT2D eigenvalue weighted by atomic mass is 9.73. The van der Waals surface area contributed by atoms with E-state index in [1.807, 2.05) is 18.2 Å². The molecule has 2 aromatic heterocycles. The summed E-state index contributed by atoms with van der Waals surface area (Å²) in [7, 11) is 0. The van der Waals surface area contributed by atoms with Crippen molar-refractivity contribution in [2.45, 2.75) is 24.7 Å². The lowest BCUT2D eigenvalue weighted by molar-refractivity contribution is 0.507. The third kappa shape index (κ3) is 3.98. The van der Waals surface area contributed by atoms with E-state index in [1.54, 1.807) is 0 Å².